The SMILES string of the molecule is CS(=O)(=O)N1CCCN(S(=O)(=O)/C=C/c2ccccc2)CC1. The molecule has 1 aromatic rings. The van der Waals surface area contributed by atoms with Gasteiger partial charge in [-0.1, -0.05) is 30.3 Å². The third-order valence-corrected chi connectivity index (χ3v) is 6.34. The van der Waals surface area contributed by atoms with Crippen molar-refractivity contribution in [2.45, 2.75) is 6.42 Å². The summed E-state index contributed by atoms with van der Waals surface area (Å²) in [5, 5.41) is 1.18. The Kier molecular flexibility index (Phi) is 5.38. The van der Waals surface area contributed by atoms with E-state index in [4.69, 9.17) is 0 Å². The van der Waals surface area contributed by atoms with Gasteiger partial charge in [0.15, 0.2) is 0 Å². The van der Waals surface area contributed by atoms with E-state index < -0.39 is 20.0 Å². The van der Waals surface area contributed by atoms with Crippen molar-refractivity contribution in [1.29, 1.82) is 0 Å². The number of hydrogen-bond acceptors (Lipinski definition) is 4. The van der Waals surface area contributed by atoms with Crippen molar-refractivity contribution in [3.8, 4) is 0 Å². The molecule has 1 heterocycles. The fraction of sp³-hybridized carbons (Fsp3) is 0.429. The van der Waals surface area contributed by atoms with Crippen LogP contribution in [0.5, 0.6) is 0 Å². The zero-order valence-corrected chi connectivity index (χ0v) is 14.1. The van der Waals surface area contributed by atoms with Crippen molar-refractivity contribution < 1.29 is 16.8 Å². The van der Waals surface area contributed by atoms with Crippen LogP contribution in [-0.2, 0) is 20.0 Å². The van der Waals surface area contributed by atoms with Crippen LogP contribution in [0.25, 0.3) is 6.08 Å². The summed E-state index contributed by atoms with van der Waals surface area (Å²) in [6.45, 7) is 1.05. The van der Waals surface area contributed by atoms with Crippen LogP contribution in [0.1, 0.15) is 12.0 Å². The highest BCUT2D eigenvalue weighted by molar-refractivity contribution is 7.92. The van der Waals surface area contributed by atoms with Gasteiger partial charge < -0.3 is 0 Å². The minimum atomic E-state index is -3.54. The predicted molar refractivity (Wildman–Crippen MR) is 87.0 cm³/mol. The minimum Gasteiger partial charge on any atom is -0.213 e. The van der Waals surface area contributed by atoms with Gasteiger partial charge >= 0.3 is 0 Å². The lowest BCUT2D eigenvalue weighted by atomic mass is 10.2. The summed E-state index contributed by atoms with van der Waals surface area (Å²) in [5.74, 6) is 0. The standard InChI is InChI=1S/C14H20N2O4S2/c1-21(17,18)15-9-5-10-16(12-11-15)22(19,20)13-8-14-6-3-2-4-7-14/h2-4,6-8,13H,5,9-12H2,1H3/b13-8+. The minimum absolute atomic E-state index is 0.175. The molecule has 6 nitrogen and oxygen atoms in total. The zero-order chi connectivity index (χ0) is 16.2. The van der Waals surface area contributed by atoms with E-state index in [9.17, 15) is 16.8 Å². The lowest BCUT2D eigenvalue weighted by Gasteiger charge is -2.18. The molecule has 0 spiro atoms. The molecule has 1 aliphatic rings. The molecule has 8 heteroatoms. The van der Waals surface area contributed by atoms with Crippen LogP contribution < -0.4 is 0 Å². The molecule has 1 aromatic carbocycles. The van der Waals surface area contributed by atoms with E-state index in [0.29, 0.717) is 19.5 Å². The van der Waals surface area contributed by atoms with Crippen molar-refractivity contribution in [1.82, 2.24) is 8.61 Å². The van der Waals surface area contributed by atoms with Gasteiger partial charge in [0.25, 0.3) is 0 Å². The average Bonchev–Trinajstić information content (AvgIpc) is 2.72. The summed E-state index contributed by atoms with van der Waals surface area (Å²) >= 11 is 0. The van der Waals surface area contributed by atoms with E-state index >= 15 is 0 Å². The maximum absolute atomic E-state index is 12.3. The fourth-order valence-electron chi connectivity index (χ4n) is 2.27. The van der Waals surface area contributed by atoms with E-state index in [-0.39, 0.29) is 13.1 Å². The summed E-state index contributed by atoms with van der Waals surface area (Å²) in [4.78, 5) is 0. The first-order chi connectivity index (χ1) is 10.3. The van der Waals surface area contributed by atoms with Crippen LogP contribution >= 0.6 is 0 Å². The van der Waals surface area contributed by atoms with Gasteiger partial charge in [0.2, 0.25) is 20.0 Å². The van der Waals surface area contributed by atoms with Crippen molar-refractivity contribution in [2.75, 3.05) is 32.4 Å². The number of rotatable bonds is 4. The molecule has 0 aromatic heterocycles. The third-order valence-electron chi connectivity index (χ3n) is 3.47. The number of hydrogen-bond donors (Lipinski definition) is 0. The Morgan fingerprint density at radius 2 is 1.50 bits per heavy atom. The second-order valence-electron chi connectivity index (χ2n) is 5.17. The molecule has 0 radical (unpaired) electrons. The Labute approximate surface area is 132 Å². The Bertz CT molecular complexity index is 727. The van der Waals surface area contributed by atoms with E-state index in [1.165, 1.54) is 14.0 Å². The summed E-state index contributed by atoms with van der Waals surface area (Å²) in [5.41, 5.74) is 0.804. The number of nitrogens with zero attached hydrogens (tertiary/aromatic N) is 2. The molecule has 0 N–H and O–H groups in total. The highest BCUT2D eigenvalue weighted by atomic mass is 32.2. The van der Waals surface area contributed by atoms with Gasteiger partial charge in [-0.3, -0.25) is 0 Å². The van der Waals surface area contributed by atoms with Gasteiger partial charge in [-0.05, 0) is 18.1 Å². The molecular formula is C14H20N2O4S2. The molecule has 0 unspecified atom stereocenters. The largest absolute Gasteiger partial charge is 0.236 e. The van der Waals surface area contributed by atoms with Crippen LogP contribution in [0.3, 0.4) is 0 Å². The van der Waals surface area contributed by atoms with Crippen LogP contribution in [0.15, 0.2) is 35.7 Å². The second kappa shape index (κ2) is 6.91. The first kappa shape index (κ1) is 17.1. The van der Waals surface area contributed by atoms with Crippen molar-refractivity contribution >= 4 is 26.1 Å². The molecule has 0 aliphatic carbocycles. The normalized spacial score (nSPS) is 19.3. The Morgan fingerprint density at radius 1 is 0.909 bits per heavy atom. The molecule has 1 fully saturated rings. The van der Waals surface area contributed by atoms with Crippen LogP contribution in [0.4, 0.5) is 0 Å². The highest BCUT2D eigenvalue weighted by Gasteiger charge is 2.26. The summed E-state index contributed by atoms with van der Waals surface area (Å²) in [6, 6.07) is 9.17. The molecule has 1 saturated heterocycles. The molecule has 0 bridgehead atoms. The van der Waals surface area contributed by atoms with Crippen LogP contribution in [0, 0.1) is 0 Å². The van der Waals surface area contributed by atoms with E-state index in [2.05, 4.69) is 0 Å². The first-order valence-corrected chi connectivity index (χ1v) is 10.3. The van der Waals surface area contributed by atoms with E-state index in [0.717, 1.165) is 11.8 Å². The quantitative estimate of drug-likeness (QED) is 0.815. The lowest BCUT2D eigenvalue weighted by molar-refractivity contribution is 0.410. The maximum Gasteiger partial charge on any atom is 0.236 e. The second-order valence-corrected chi connectivity index (χ2v) is 8.97. The molecule has 1 aliphatic heterocycles. The Balaban J connectivity index is 2.09. The van der Waals surface area contributed by atoms with Gasteiger partial charge in [0, 0.05) is 31.6 Å². The highest BCUT2D eigenvalue weighted by Crippen LogP contribution is 2.13. The third kappa shape index (κ3) is 4.64. The topological polar surface area (TPSA) is 74.8 Å². The van der Waals surface area contributed by atoms with Crippen LogP contribution in [-0.4, -0.2) is 57.9 Å². The monoisotopic (exact) mass is 344 g/mol. The van der Waals surface area contributed by atoms with E-state index in [1.807, 2.05) is 30.3 Å². The van der Waals surface area contributed by atoms with E-state index in [1.54, 1.807) is 6.08 Å². The van der Waals surface area contributed by atoms with Crippen LogP contribution in [0.2, 0.25) is 0 Å². The molecule has 0 amide bonds. The predicted octanol–water partition coefficient (Wildman–Crippen LogP) is 0.954. The van der Waals surface area contributed by atoms with Crippen molar-refractivity contribution in [3.05, 3.63) is 41.3 Å². The Hall–Kier alpha value is -1.22. The molecule has 0 saturated carbocycles. The van der Waals surface area contributed by atoms with Gasteiger partial charge in [0.05, 0.1) is 6.26 Å². The molecule has 2 rings (SSSR count). The van der Waals surface area contributed by atoms with Gasteiger partial charge in [-0.25, -0.2) is 21.1 Å². The first-order valence-electron chi connectivity index (χ1n) is 6.97. The van der Waals surface area contributed by atoms with Gasteiger partial charge in [-0.15, -0.1) is 0 Å². The fourth-order valence-corrected chi connectivity index (χ4v) is 4.37. The Morgan fingerprint density at radius 3 is 2.14 bits per heavy atom. The molecule has 0 atom stereocenters. The molecule has 122 valence electrons. The number of benzene rings is 1. The van der Waals surface area contributed by atoms with Crippen molar-refractivity contribution in [2.24, 2.45) is 0 Å². The lowest BCUT2D eigenvalue weighted by Crippen LogP contribution is -2.36. The molecule has 22 heavy (non-hydrogen) atoms. The maximum atomic E-state index is 12.3. The van der Waals surface area contributed by atoms with Gasteiger partial charge in [0.1, 0.15) is 0 Å². The van der Waals surface area contributed by atoms with Gasteiger partial charge in [-0.2, -0.15) is 4.31 Å². The molecular weight excluding hydrogens is 324 g/mol. The summed E-state index contributed by atoms with van der Waals surface area (Å²) in [7, 11) is -6.82. The summed E-state index contributed by atoms with van der Waals surface area (Å²) < 4.78 is 50.4. The smallest absolute Gasteiger partial charge is 0.213 e. The number of sulfonamides is 2. The summed E-state index contributed by atoms with van der Waals surface area (Å²) in [6.07, 6.45) is 3.19. The average molecular weight is 344 g/mol. The zero-order valence-electron chi connectivity index (χ0n) is 12.4. The van der Waals surface area contributed by atoms with Crippen molar-refractivity contribution in [3.63, 3.8) is 0 Å².